The number of methoxy groups -OCH3 is 1. The number of hydrogen-bond acceptors (Lipinski definition) is 7. The van der Waals surface area contributed by atoms with Gasteiger partial charge in [0.1, 0.15) is 5.01 Å². The summed E-state index contributed by atoms with van der Waals surface area (Å²) in [5.41, 5.74) is 0.902. The Kier molecular flexibility index (Phi) is 7.17. The van der Waals surface area contributed by atoms with Gasteiger partial charge in [-0.2, -0.15) is 0 Å². The Labute approximate surface area is 164 Å². The molecule has 3 rings (SSSR count). The molecule has 0 aromatic carbocycles. The number of ether oxygens (including phenoxy) is 2. The van der Waals surface area contributed by atoms with Crippen molar-refractivity contribution in [2.24, 2.45) is 5.92 Å². The van der Waals surface area contributed by atoms with Crippen LogP contribution in [0.3, 0.4) is 0 Å². The molecule has 2 amide bonds. The van der Waals surface area contributed by atoms with Crippen LogP contribution in [0.25, 0.3) is 0 Å². The molecule has 27 heavy (non-hydrogen) atoms. The lowest BCUT2D eigenvalue weighted by Gasteiger charge is -2.25. The van der Waals surface area contributed by atoms with Gasteiger partial charge in [0.2, 0.25) is 11.8 Å². The van der Waals surface area contributed by atoms with Crippen molar-refractivity contribution in [1.29, 1.82) is 0 Å². The summed E-state index contributed by atoms with van der Waals surface area (Å²) in [7, 11) is 3.39. The predicted octanol–water partition coefficient (Wildman–Crippen LogP) is 0.429. The number of aromatic nitrogens is 1. The number of morpholine rings is 1. The first-order chi connectivity index (χ1) is 13.1. The third-order valence-electron chi connectivity index (χ3n) is 4.97. The van der Waals surface area contributed by atoms with E-state index in [4.69, 9.17) is 9.47 Å². The second-order valence-electron chi connectivity index (χ2n) is 7.05. The van der Waals surface area contributed by atoms with Gasteiger partial charge in [-0.05, 0) is 0 Å². The van der Waals surface area contributed by atoms with Gasteiger partial charge < -0.3 is 19.3 Å². The largest absolute Gasteiger partial charge is 0.383 e. The number of amides is 2. The first kappa shape index (κ1) is 20.2. The van der Waals surface area contributed by atoms with Crippen LogP contribution >= 0.6 is 11.3 Å². The number of rotatable bonds is 8. The molecule has 2 saturated heterocycles. The van der Waals surface area contributed by atoms with Crippen LogP contribution in [0.2, 0.25) is 0 Å². The Bertz CT molecular complexity index is 647. The van der Waals surface area contributed by atoms with Gasteiger partial charge in [-0.15, -0.1) is 11.3 Å². The summed E-state index contributed by atoms with van der Waals surface area (Å²) >= 11 is 1.63. The van der Waals surface area contributed by atoms with Crippen molar-refractivity contribution >= 4 is 23.2 Å². The predicted molar refractivity (Wildman–Crippen MR) is 101 cm³/mol. The van der Waals surface area contributed by atoms with E-state index in [1.54, 1.807) is 35.3 Å². The summed E-state index contributed by atoms with van der Waals surface area (Å²) in [5.74, 6) is -0.239. The Balaban J connectivity index is 1.49. The van der Waals surface area contributed by atoms with E-state index in [9.17, 15) is 9.59 Å². The minimum Gasteiger partial charge on any atom is -0.383 e. The van der Waals surface area contributed by atoms with Crippen LogP contribution in [0.4, 0.5) is 0 Å². The molecule has 0 aliphatic carbocycles. The van der Waals surface area contributed by atoms with Crippen LogP contribution in [-0.4, -0.2) is 91.7 Å². The van der Waals surface area contributed by atoms with Crippen molar-refractivity contribution < 1.29 is 19.1 Å². The molecule has 150 valence electrons. The molecule has 0 saturated carbocycles. The van der Waals surface area contributed by atoms with Crippen LogP contribution < -0.4 is 0 Å². The first-order valence-corrected chi connectivity index (χ1v) is 10.2. The second kappa shape index (κ2) is 9.59. The second-order valence-corrected chi connectivity index (χ2v) is 7.99. The normalized spacial score (nSPS) is 21.0. The molecule has 1 unspecified atom stereocenters. The summed E-state index contributed by atoms with van der Waals surface area (Å²) in [4.78, 5) is 35.2. The van der Waals surface area contributed by atoms with Gasteiger partial charge >= 0.3 is 0 Å². The lowest BCUT2D eigenvalue weighted by atomic mass is 10.1. The van der Waals surface area contributed by atoms with Crippen LogP contribution in [0, 0.1) is 5.92 Å². The summed E-state index contributed by atoms with van der Waals surface area (Å²) in [6.45, 7) is 6.23. The molecule has 0 bridgehead atoms. The maximum Gasteiger partial charge on any atom is 0.228 e. The lowest BCUT2D eigenvalue weighted by molar-refractivity contribution is -0.135. The average Bonchev–Trinajstić information content (AvgIpc) is 3.26. The van der Waals surface area contributed by atoms with Gasteiger partial charge in [0, 0.05) is 52.1 Å². The topological polar surface area (TPSA) is 75.2 Å². The molecule has 8 nitrogen and oxygen atoms in total. The van der Waals surface area contributed by atoms with E-state index in [1.807, 2.05) is 5.38 Å². The van der Waals surface area contributed by atoms with Crippen molar-refractivity contribution in [3.05, 3.63) is 16.1 Å². The van der Waals surface area contributed by atoms with Gasteiger partial charge in [0.05, 0.1) is 44.5 Å². The van der Waals surface area contributed by atoms with Crippen LogP contribution in [-0.2, 0) is 32.2 Å². The zero-order chi connectivity index (χ0) is 19.2. The highest BCUT2D eigenvalue weighted by Crippen LogP contribution is 2.21. The van der Waals surface area contributed by atoms with E-state index in [1.165, 1.54) is 0 Å². The molecule has 1 aromatic rings. The number of thiazole rings is 1. The molecule has 3 heterocycles. The quantitative estimate of drug-likeness (QED) is 0.634. The van der Waals surface area contributed by atoms with Crippen molar-refractivity contribution in [1.82, 2.24) is 19.7 Å². The molecule has 0 spiro atoms. The summed E-state index contributed by atoms with van der Waals surface area (Å²) < 4.78 is 10.4. The highest BCUT2D eigenvalue weighted by molar-refractivity contribution is 7.09. The monoisotopic (exact) mass is 396 g/mol. The fourth-order valence-corrected chi connectivity index (χ4v) is 4.26. The highest BCUT2D eigenvalue weighted by Gasteiger charge is 2.35. The zero-order valence-electron chi connectivity index (χ0n) is 16.1. The van der Waals surface area contributed by atoms with Gasteiger partial charge in [-0.3, -0.25) is 14.5 Å². The maximum absolute atomic E-state index is 12.7. The third-order valence-corrected chi connectivity index (χ3v) is 5.85. The van der Waals surface area contributed by atoms with Crippen LogP contribution in [0.1, 0.15) is 17.1 Å². The first-order valence-electron chi connectivity index (χ1n) is 9.32. The molecule has 2 fully saturated rings. The van der Waals surface area contributed by atoms with Gasteiger partial charge in [-0.1, -0.05) is 0 Å². The molecule has 2 aliphatic heterocycles. The van der Waals surface area contributed by atoms with E-state index >= 15 is 0 Å². The number of hydrogen-bond donors (Lipinski definition) is 0. The fourth-order valence-electron chi connectivity index (χ4n) is 3.43. The fraction of sp³-hybridized carbons (Fsp3) is 0.722. The Morgan fingerprint density at radius 2 is 2.22 bits per heavy atom. The van der Waals surface area contributed by atoms with E-state index in [0.29, 0.717) is 26.2 Å². The maximum atomic E-state index is 12.7. The van der Waals surface area contributed by atoms with Crippen molar-refractivity contribution in [2.75, 3.05) is 60.2 Å². The Hall–Kier alpha value is -1.55. The van der Waals surface area contributed by atoms with E-state index < -0.39 is 0 Å². The van der Waals surface area contributed by atoms with Crippen molar-refractivity contribution in [3.8, 4) is 0 Å². The van der Waals surface area contributed by atoms with Gasteiger partial charge in [0.25, 0.3) is 0 Å². The summed E-state index contributed by atoms with van der Waals surface area (Å²) in [5, 5.41) is 3.08. The molecule has 0 N–H and O–H groups in total. The molecule has 1 atom stereocenters. The summed E-state index contributed by atoms with van der Waals surface area (Å²) in [6.07, 6.45) is 0.284. The van der Waals surface area contributed by atoms with Gasteiger partial charge in [-0.25, -0.2) is 4.98 Å². The van der Waals surface area contributed by atoms with Crippen LogP contribution in [0.5, 0.6) is 0 Å². The van der Waals surface area contributed by atoms with E-state index in [2.05, 4.69) is 9.88 Å². The number of carbonyl (C=O) groups excluding carboxylic acids is 2. The molecule has 1 aromatic heterocycles. The Morgan fingerprint density at radius 1 is 1.44 bits per heavy atom. The minimum atomic E-state index is -0.272. The van der Waals surface area contributed by atoms with Gasteiger partial charge in [0.15, 0.2) is 0 Å². The molecular weight excluding hydrogens is 368 g/mol. The average molecular weight is 397 g/mol. The Morgan fingerprint density at radius 3 is 2.96 bits per heavy atom. The highest BCUT2D eigenvalue weighted by atomic mass is 32.1. The van der Waals surface area contributed by atoms with E-state index in [0.717, 1.165) is 43.5 Å². The molecule has 9 heteroatoms. The van der Waals surface area contributed by atoms with Crippen molar-refractivity contribution in [2.45, 2.75) is 19.5 Å². The molecule has 0 radical (unpaired) electrons. The smallest absolute Gasteiger partial charge is 0.228 e. The zero-order valence-corrected chi connectivity index (χ0v) is 16.9. The number of likely N-dealkylation sites (tertiary alicyclic amines) is 1. The lowest BCUT2D eigenvalue weighted by Crippen LogP contribution is -2.35. The minimum absolute atomic E-state index is 0.00555. The van der Waals surface area contributed by atoms with Crippen molar-refractivity contribution in [3.63, 3.8) is 0 Å². The SMILES string of the molecule is COCCN1CC(C(=O)N(C)Cc2csc(CN3CCOCC3)n2)CC1=O. The van der Waals surface area contributed by atoms with E-state index in [-0.39, 0.29) is 24.2 Å². The standard InChI is InChI=1S/C18H28N4O4S/c1-20(18(24)14-9-17(23)22(10-14)5-6-25-2)11-15-13-27-16(19-15)12-21-3-7-26-8-4-21/h13-14H,3-12H2,1-2H3. The summed E-state index contributed by atoms with van der Waals surface area (Å²) in [6, 6.07) is 0. The third kappa shape index (κ3) is 5.47. The molecule has 2 aliphatic rings. The molecular formula is C18H28N4O4S. The number of carbonyl (C=O) groups is 2. The van der Waals surface area contributed by atoms with Crippen LogP contribution in [0.15, 0.2) is 5.38 Å². The number of nitrogens with zero attached hydrogens (tertiary/aromatic N) is 4.